The lowest BCUT2D eigenvalue weighted by atomic mass is 10.1. The van der Waals surface area contributed by atoms with E-state index < -0.39 is 35.6 Å². The summed E-state index contributed by atoms with van der Waals surface area (Å²) in [5.41, 5.74) is -3.31. The molecule has 0 atom stereocenters. The number of alkyl halides is 3. The van der Waals surface area contributed by atoms with Crippen LogP contribution in [0.4, 0.5) is 13.2 Å². The minimum absolute atomic E-state index is 0.160. The van der Waals surface area contributed by atoms with Gasteiger partial charge in [0.05, 0.1) is 5.39 Å². The molecule has 0 bridgehead atoms. The van der Waals surface area contributed by atoms with Crippen LogP contribution < -0.4 is 11.2 Å². The number of aryl methyl sites for hydroxylation is 1. The van der Waals surface area contributed by atoms with Crippen LogP contribution in [0.1, 0.15) is 33.4 Å². The molecule has 0 N–H and O–H groups in total. The Morgan fingerprint density at radius 1 is 1.10 bits per heavy atom. The molecule has 0 spiro atoms. The highest BCUT2D eigenvalue weighted by atomic mass is 19.4. The van der Waals surface area contributed by atoms with Gasteiger partial charge >= 0.3 is 11.9 Å². The topological polar surface area (TPSA) is 77.2 Å². The van der Waals surface area contributed by atoms with E-state index in [4.69, 9.17) is 0 Å². The minimum atomic E-state index is -4.71. The Balaban J connectivity index is 2.52. The molecule has 10 heteroatoms. The number of carbonyl (C=O) groups excluding carboxylic acids is 1. The van der Waals surface area contributed by atoms with Crippen LogP contribution in [0.2, 0.25) is 0 Å². The summed E-state index contributed by atoms with van der Waals surface area (Å²) in [6.07, 6.45) is -4.71. The van der Waals surface area contributed by atoms with Gasteiger partial charge in [-0.3, -0.25) is 18.7 Å². The van der Waals surface area contributed by atoms with Crippen LogP contribution in [0, 0.1) is 11.8 Å². The summed E-state index contributed by atoms with van der Waals surface area (Å²) < 4.78 is 40.3. The first-order chi connectivity index (χ1) is 13.3. The molecule has 0 aliphatic rings. The van der Waals surface area contributed by atoms with Gasteiger partial charge in [-0.15, -0.1) is 0 Å². The highest BCUT2D eigenvalue weighted by molar-refractivity contribution is 5.77. The third kappa shape index (κ3) is 5.04. The minimum Gasteiger partial charge on any atom is -0.341 e. The summed E-state index contributed by atoms with van der Waals surface area (Å²) in [5.74, 6) is -0.0106. The highest BCUT2D eigenvalue weighted by Gasteiger charge is 2.33. The maximum absolute atomic E-state index is 12.9. The Bertz CT molecular complexity index is 1010. The molecule has 1 amide bonds. The molecule has 2 aromatic heterocycles. The number of amides is 1. The van der Waals surface area contributed by atoms with Crippen molar-refractivity contribution in [3.63, 3.8) is 0 Å². The third-order valence-corrected chi connectivity index (χ3v) is 4.29. The first-order valence-electron chi connectivity index (χ1n) is 9.28. The molecule has 2 heterocycles. The van der Waals surface area contributed by atoms with Gasteiger partial charge in [0.25, 0.3) is 5.56 Å². The summed E-state index contributed by atoms with van der Waals surface area (Å²) in [6.45, 7) is 8.25. The molecule has 0 aromatic carbocycles. The number of hydrogen-bond acceptors (Lipinski definition) is 4. The van der Waals surface area contributed by atoms with Crippen LogP contribution in [-0.4, -0.2) is 38.0 Å². The number of halogens is 3. The Labute approximate surface area is 165 Å². The van der Waals surface area contributed by atoms with Crippen molar-refractivity contribution >= 4 is 16.9 Å². The lowest BCUT2D eigenvalue weighted by Crippen LogP contribution is -2.46. The van der Waals surface area contributed by atoms with E-state index in [-0.39, 0.29) is 22.9 Å². The maximum Gasteiger partial charge on any atom is 0.433 e. The van der Waals surface area contributed by atoms with Crippen molar-refractivity contribution in [3.8, 4) is 0 Å². The molecule has 7 nitrogen and oxygen atoms in total. The van der Waals surface area contributed by atoms with Crippen molar-refractivity contribution in [1.82, 2.24) is 19.0 Å². The fourth-order valence-corrected chi connectivity index (χ4v) is 3.07. The predicted molar refractivity (Wildman–Crippen MR) is 103 cm³/mol. The van der Waals surface area contributed by atoms with E-state index in [2.05, 4.69) is 4.98 Å². The molecule has 0 radical (unpaired) electrons. The second kappa shape index (κ2) is 8.38. The molecule has 0 saturated heterocycles. The van der Waals surface area contributed by atoms with Gasteiger partial charge in [-0.25, -0.2) is 9.78 Å². The predicted octanol–water partition coefficient (Wildman–Crippen LogP) is 2.25. The van der Waals surface area contributed by atoms with Crippen LogP contribution in [-0.2, 0) is 24.6 Å². The first kappa shape index (κ1) is 22.6. The van der Waals surface area contributed by atoms with E-state index in [1.54, 1.807) is 4.90 Å². The van der Waals surface area contributed by atoms with E-state index in [9.17, 15) is 27.6 Å². The standard InChI is InChI=1S/C19H25F3N4O3/c1-11(2)8-25(9-12(3)4)15(27)10-26-17(28)13-6-7-14(19(20,21)22)23-16(13)24(5)18(26)29/h6-7,11-12H,8-10H2,1-5H3. The monoisotopic (exact) mass is 414 g/mol. The number of carbonyl (C=O) groups is 1. The van der Waals surface area contributed by atoms with Crippen molar-refractivity contribution in [3.05, 3.63) is 38.7 Å². The van der Waals surface area contributed by atoms with Gasteiger partial charge in [-0.2, -0.15) is 13.2 Å². The van der Waals surface area contributed by atoms with Gasteiger partial charge in [-0.05, 0) is 24.0 Å². The zero-order chi connectivity index (χ0) is 22.1. The average molecular weight is 414 g/mol. The molecular formula is C19H25F3N4O3. The van der Waals surface area contributed by atoms with Crippen molar-refractivity contribution in [2.24, 2.45) is 18.9 Å². The van der Waals surface area contributed by atoms with Crippen molar-refractivity contribution < 1.29 is 18.0 Å². The Morgan fingerprint density at radius 3 is 2.14 bits per heavy atom. The van der Waals surface area contributed by atoms with Gasteiger partial charge in [0, 0.05) is 20.1 Å². The summed E-state index contributed by atoms with van der Waals surface area (Å²) in [4.78, 5) is 43.1. The number of hydrogen-bond donors (Lipinski definition) is 0. The lowest BCUT2D eigenvalue weighted by molar-refractivity contribution is -0.141. The number of aromatic nitrogens is 3. The molecule has 0 aliphatic heterocycles. The van der Waals surface area contributed by atoms with E-state index in [1.165, 1.54) is 7.05 Å². The molecular weight excluding hydrogens is 389 g/mol. The van der Waals surface area contributed by atoms with Gasteiger partial charge in [0.15, 0.2) is 0 Å². The number of fused-ring (bicyclic) bond motifs is 1. The van der Waals surface area contributed by atoms with E-state index in [0.29, 0.717) is 19.2 Å². The van der Waals surface area contributed by atoms with Gasteiger partial charge < -0.3 is 4.90 Å². The van der Waals surface area contributed by atoms with E-state index in [1.807, 2.05) is 27.7 Å². The quantitative estimate of drug-likeness (QED) is 0.727. The summed E-state index contributed by atoms with van der Waals surface area (Å²) >= 11 is 0. The van der Waals surface area contributed by atoms with E-state index >= 15 is 0 Å². The Morgan fingerprint density at radius 2 is 1.66 bits per heavy atom. The molecule has 0 unspecified atom stereocenters. The second-order valence-electron chi connectivity index (χ2n) is 7.88. The summed E-state index contributed by atoms with van der Waals surface area (Å²) in [5, 5.41) is -0.160. The van der Waals surface area contributed by atoms with Crippen LogP contribution in [0.3, 0.4) is 0 Å². The molecule has 29 heavy (non-hydrogen) atoms. The van der Waals surface area contributed by atoms with Gasteiger partial charge in [0.2, 0.25) is 5.91 Å². The van der Waals surface area contributed by atoms with Crippen LogP contribution in [0.15, 0.2) is 21.7 Å². The third-order valence-electron chi connectivity index (χ3n) is 4.29. The fraction of sp³-hybridized carbons (Fsp3) is 0.579. The Kier molecular flexibility index (Phi) is 6.54. The van der Waals surface area contributed by atoms with Crippen LogP contribution in [0.25, 0.3) is 11.0 Å². The van der Waals surface area contributed by atoms with Crippen molar-refractivity contribution in [1.29, 1.82) is 0 Å². The molecule has 0 fully saturated rings. The van der Waals surface area contributed by atoms with Crippen molar-refractivity contribution in [2.75, 3.05) is 13.1 Å². The molecule has 160 valence electrons. The summed E-state index contributed by atoms with van der Waals surface area (Å²) in [6, 6.07) is 1.66. The largest absolute Gasteiger partial charge is 0.433 e. The van der Waals surface area contributed by atoms with Gasteiger partial charge in [-0.1, -0.05) is 27.7 Å². The summed E-state index contributed by atoms with van der Waals surface area (Å²) in [7, 11) is 1.22. The molecule has 0 saturated carbocycles. The highest BCUT2D eigenvalue weighted by Crippen LogP contribution is 2.28. The normalized spacial score (nSPS) is 12.2. The number of pyridine rings is 1. The zero-order valence-corrected chi connectivity index (χ0v) is 17.1. The fourth-order valence-electron chi connectivity index (χ4n) is 3.07. The second-order valence-corrected chi connectivity index (χ2v) is 7.88. The SMILES string of the molecule is CC(C)CN(CC(C)C)C(=O)Cn1c(=O)c2ccc(C(F)(F)F)nc2n(C)c1=O. The van der Waals surface area contributed by atoms with Gasteiger partial charge in [0.1, 0.15) is 17.9 Å². The maximum atomic E-state index is 12.9. The Hall–Kier alpha value is -2.65. The zero-order valence-electron chi connectivity index (χ0n) is 17.1. The van der Waals surface area contributed by atoms with Crippen LogP contribution >= 0.6 is 0 Å². The van der Waals surface area contributed by atoms with Crippen LogP contribution in [0.5, 0.6) is 0 Å². The number of rotatable bonds is 6. The van der Waals surface area contributed by atoms with Crippen molar-refractivity contribution in [2.45, 2.75) is 40.4 Å². The average Bonchev–Trinajstić information content (AvgIpc) is 2.60. The molecule has 2 aromatic rings. The molecule has 0 aliphatic carbocycles. The number of nitrogens with zero attached hydrogens (tertiary/aromatic N) is 4. The smallest absolute Gasteiger partial charge is 0.341 e. The lowest BCUT2D eigenvalue weighted by Gasteiger charge is -2.26. The first-order valence-corrected chi connectivity index (χ1v) is 9.28. The molecule has 2 rings (SSSR count). The van der Waals surface area contributed by atoms with E-state index in [0.717, 1.165) is 15.2 Å².